The van der Waals surface area contributed by atoms with Crippen LogP contribution in [0, 0.1) is 13.8 Å². The fourth-order valence-electron chi connectivity index (χ4n) is 2.21. The molecule has 0 heterocycles. The number of nitrogens with one attached hydrogen (secondary N) is 1. The monoisotopic (exact) mass is 267 g/mol. The molecular weight excluding hydrogens is 242 g/mol. The van der Waals surface area contributed by atoms with Gasteiger partial charge >= 0.3 is 0 Å². The van der Waals surface area contributed by atoms with Crippen LogP contribution in [0.2, 0.25) is 5.02 Å². The lowest BCUT2D eigenvalue weighted by molar-refractivity contribution is 0.597. The average Bonchev–Trinajstić information content (AvgIpc) is 2.34. The third-order valence-corrected chi connectivity index (χ3v) is 3.82. The number of hydrogen-bond donors (Lipinski definition) is 1. The molecule has 2 heteroatoms. The fraction of sp³-hybridized carbons (Fsp3) is 0.625. The van der Waals surface area contributed by atoms with E-state index in [0.717, 1.165) is 18.1 Å². The van der Waals surface area contributed by atoms with E-state index in [0.29, 0.717) is 0 Å². The maximum atomic E-state index is 6.11. The summed E-state index contributed by atoms with van der Waals surface area (Å²) in [6.07, 6.45) is 6.43. The molecule has 0 amide bonds. The summed E-state index contributed by atoms with van der Waals surface area (Å²) in [4.78, 5) is 0. The van der Waals surface area contributed by atoms with E-state index >= 15 is 0 Å². The van der Waals surface area contributed by atoms with Crippen molar-refractivity contribution >= 4 is 11.6 Å². The summed E-state index contributed by atoms with van der Waals surface area (Å²) < 4.78 is 0. The molecule has 1 N–H and O–H groups in total. The highest BCUT2D eigenvalue weighted by molar-refractivity contribution is 6.31. The van der Waals surface area contributed by atoms with E-state index in [-0.39, 0.29) is 0 Å². The second-order valence-corrected chi connectivity index (χ2v) is 5.45. The molecule has 1 rings (SSSR count). The van der Waals surface area contributed by atoms with Crippen molar-refractivity contribution < 1.29 is 0 Å². The Balaban J connectivity index is 2.25. The standard InChI is InChI=1S/C16H26ClN/c1-4-18-10-8-6-5-7-9-15-11-14(3)16(17)12-13(15)2/h11-12,18H,4-10H2,1-3H3. The predicted molar refractivity (Wildman–Crippen MR) is 81.6 cm³/mol. The molecule has 0 aliphatic carbocycles. The Morgan fingerprint density at radius 1 is 1.00 bits per heavy atom. The lowest BCUT2D eigenvalue weighted by Crippen LogP contribution is -2.13. The summed E-state index contributed by atoms with van der Waals surface area (Å²) in [5, 5.41) is 4.26. The predicted octanol–water partition coefficient (Wildman–Crippen LogP) is 4.67. The van der Waals surface area contributed by atoms with Crippen LogP contribution in [-0.2, 0) is 6.42 Å². The summed E-state index contributed by atoms with van der Waals surface area (Å²) in [5.41, 5.74) is 3.99. The van der Waals surface area contributed by atoms with Gasteiger partial charge < -0.3 is 5.32 Å². The molecule has 0 saturated carbocycles. The molecule has 18 heavy (non-hydrogen) atoms. The van der Waals surface area contributed by atoms with E-state index in [4.69, 9.17) is 11.6 Å². The van der Waals surface area contributed by atoms with Gasteiger partial charge in [0, 0.05) is 5.02 Å². The Morgan fingerprint density at radius 2 is 1.72 bits per heavy atom. The maximum Gasteiger partial charge on any atom is 0.0438 e. The number of aryl methyl sites for hydroxylation is 3. The molecule has 0 fully saturated rings. The van der Waals surface area contributed by atoms with Crippen LogP contribution < -0.4 is 5.32 Å². The van der Waals surface area contributed by atoms with Crippen molar-refractivity contribution in [2.75, 3.05) is 13.1 Å². The highest BCUT2D eigenvalue weighted by atomic mass is 35.5. The summed E-state index contributed by atoms with van der Waals surface area (Å²) in [6, 6.07) is 4.34. The molecular formula is C16H26ClN. The third kappa shape index (κ3) is 5.41. The first-order valence-electron chi connectivity index (χ1n) is 7.11. The lowest BCUT2D eigenvalue weighted by atomic mass is 9.99. The summed E-state index contributed by atoms with van der Waals surface area (Å²) in [6.45, 7) is 8.65. The largest absolute Gasteiger partial charge is 0.317 e. The second kappa shape index (κ2) is 8.55. The van der Waals surface area contributed by atoms with Gasteiger partial charge in [0.25, 0.3) is 0 Å². The van der Waals surface area contributed by atoms with E-state index in [1.54, 1.807) is 0 Å². The topological polar surface area (TPSA) is 12.0 Å². The lowest BCUT2D eigenvalue weighted by Gasteiger charge is -2.09. The Kier molecular flexibility index (Phi) is 7.38. The van der Waals surface area contributed by atoms with Crippen LogP contribution in [0.1, 0.15) is 49.3 Å². The zero-order valence-electron chi connectivity index (χ0n) is 12.0. The Hall–Kier alpha value is -0.530. The average molecular weight is 268 g/mol. The minimum absolute atomic E-state index is 0.891. The van der Waals surface area contributed by atoms with Crippen molar-refractivity contribution in [2.45, 2.75) is 52.9 Å². The molecule has 0 atom stereocenters. The van der Waals surface area contributed by atoms with Crippen molar-refractivity contribution in [2.24, 2.45) is 0 Å². The van der Waals surface area contributed by atoms with Crippen molar-refractivity contribution in [3.63, 3.8) is 0 Å². The molecule has 0 saturated heterocycles. The molecule has 0 unspecified atom stereocenters. The van der Waals surface area contributed by atoms with E-state index in [9.17, 15) is 0 Å². The van der Waals surface area contributed by atoms with Crippen LogP contribution in [0.3, 0.4) is 0 Å². The SMILES string of the molecule is CCNCCCCCCc1cc(C)c(Cl)cc1C. The van der Waals surface area contributed by atoms with Gasteiger partial charge in [-0.05, 0) is 69.0 Å². The quantitative estimate of drug-likeness (QED) is 0.675. The number of hydrogen-bond acceptors (Lipinski definition) is 1. The number of benzene rings is 1. The Morgan fingerprint density at radius 3 is 2.44 bits per heavy atom. The highest BCUT2D eigenvalue weighted by Crippen LogP contribution is 2.22. The first-order valence-corrected chi connectivity index (χ1v) is 7.49. The minimum atomic E-state index is 0.891. The van der Waals surface area contributed by atoms with E-state index in [2.05, 4.69) is 38.2 Å². The smallest absolute Gasteiger partial charge is 0.0438 e. The van der Waals surface area contributed by atoms with Crippen LogP contribution in [0.5, 0.6) is 0 Å². The maximum absolute atomic E-state index is 6.11. The van der Waals surface area contributed by atoms with E-state index in [1.807, 2.05) is 0 Å². The van der Waals surface area contributed by atoms with Crippen molar-refractivity contribution in [3.05, 3.63) is 33.8 Å². The van der Waals surface area contributed by atoms with Gasteiger partial charge in [-0.15, -0.1) is 0 Å². The van der Waals surface area contributed by atoms with Crippen LogP contribution in [0.15, 0.2) is 12.1 Å². The minimum Gasteiger partial charge on any atom is -0.317 e. The molecule has 102 valence electrons. The van der Waals surface area contributed by atoms with Crippen LogP contribution >= 0.6 is 11.6 Å². The molecule has 0 aliphatic heterocycles. The third-order valence-electron chi connectivity index (χ3n) is 3.42. The molecule has 0 radical (unpaired) electrons. The second-order valence-electron chi connectivity index (χ2n) is 5.05. The van der Waals surface area contributed by atoms with Gasteiger partial charge in [-0.2, -0.15) is 0 Å². The van der Waals surface area contributed by atoms with Crippen molar-refractivity contribution in [1.29, 1.82) is 0 Å². The molecule has 1 aromatic carbocycles. The zero-order valence-corrected chi connectivity index (χ0v) is 12.7. The van der Waals surface area contributed by atoms with Gasteiger partial charge in [-0.25, -0.2) is 0 Å². The van der Waals surface area contributed by atoms with Gasteiger partial charge in [0.15, 0.2) is 0 Å². The highest BCUT2D eigenvalue weighted by Gasteiger charge is 2.02. The number of halogens is 1. The van der Waals surface area contributed by atoms with Crippen LogP contribution in [0.25, 0.3) is 0 Å². The van der Waals surface area contributed by atoms with E-state index < -0.39 is 0 Å². The van der Waals surface area contributed by atoms with Crippen molar-refractivity contribution in [3.8, 4) is 0 Å². The normalized spacial score (nSPS) is 10.9. The molecule has 0 aromatic heterocycles. The summed E-state index contributed by atoms with van der Waals surface area (Å²) in [7, 11) is 0. The van der Waals surface area contributed by atoms with Gasteiger partial charge in [0.05, 0.1) is 0 Å². The van der Waals surface area contributed by atoms with Gasteiger partial charge in [-0.3, -0.25) is 0 Å². The Bertz CT molecular complexity index is 360. The van der Waals surface area contributed by atoms with Crippen LogP contribution in [0.4, 0.5) is 0 Å². The zero-order chi connectivity index (χ0) is 13.4. The van der Waals surface area contributed by atoms with Crippen molar-refractivity contribution in [1.82, 2.24) is 5.32 Å². The molecule has 1 aromatic rings. The summed E-state index contributed by atoms with van der Waals surface area (Å²) >= 11 is 6.11. The number of rotatable bonds is 8. The summed E-state index contributed by atoms with van der Waals surface area (Å²) in [5.74, 6) is 0. The first-order chi connectivity index (χ1) is 8.65. The van der Waals surface area contributed by atoms with Crippen LogP contribution in [-0.4, -0.2) is 13.1 Å². The van der Waals surface area contributed by atoms with Gasteiger partial charge in [-0.1, -0.05) is 37.4 Å². The molecule has 1 nitrogen and oxygen atoms in total. The van der Waals surface area contributed by atoms with E-state index in [1.165, 1.54) is 48.8 Å². The Labute approximate surface area is 117 Å². The number of unbranched alkanes of at least 4 members (excludes halogenated alkanes) is 3. The fourth-order valence-corrected chi connectivity index (χ4v) is 2.42. The molecule has 0 aliphatic rings. The molecule has 0 spiro atoms. The molecule has 0 bridgehead atoms. The van der Waals surface area contributed by atoms with Gasteiger partial charge in [0.1, 0.15) is 0 Å². The first kappa shape index (κ1) is 15.5. The van der Waals surface area contributed by atoms with Gasteiger partial charge in [0.2, 0.25) is 0 Å².